The Balaban J connectivity index is 2.47. The molecule has 1 heterocycles. The van der Waals surface area contributed by atoms with Gasteiger partial charge in [-0.1, -0.05) is 0 Å². The second kappa shape index (κ2) is 4.18. The highest BCUT2D eigenvalue weighted by atomic mass is 19.3. The van der Waals surface area contributed by atoms with E-state index >= 15 is 0 Å². The second-order valence-electron chi connectivity index (χ2n) is 3.50. The molecule has 0 aromatic carbocycles. The van der Waals surface area contributed by atoms with Crippen LogP contribution < -0.4 is 5.43 Å². The number of hydrogen-bond donors (Lipinski definition) is 2. The summed E-state index contributed by atoms with van der Waals surface area (Å²) in [5.41, 5.74) is 2.65. The molecule has 0 saturated carbocycles. The Morgan fingerprint density at radius 2 is 2.36 bits per heavy atom. The molecule has 0 aliphatic carbocycles. The number of nitrogens with zero attached hydrogens (tertiary/aromatic N) is 1. The largest absolute Gasteiger partial charge is 0.481 e. The quantitative estimate of drug-likeness (QED) is 0.714. The van der Waals surface area contributed by atoms with Gasteiger partial charge in [-0.15, -0.1) is 0 Å². The molecule has 1 saturated heterocycles. The molecule has 6 heteroatoms. The molecule has 0 aromatic heterocycles. The van der Waals surface area contributed by atoms with Gasteiger partial charge >= 0.3 is 5.97 Å². The number of carboxylic acids is 1. The van der Waals surface area contributed by atoms with Crippen molar-refractivity contribution >= 4 is 5.97 Å². The molecular formula is C8H14F2N2O2. The van der Waals surface area contributed by atoms with Gasteiger partial charge in [0.2, 0.25) is 0 Å². The maximum Gasteiger partial charge on any atom is 0.303 e. The average molecular weight is 208 g/mol. The van der Waals surface area contributed by atoms with Gasteiger partial charge in [0, 0.05) is 18.9 Å². The summed E-state index contributed by atoms with van der Waals surface area (Å²) in [4.78, 5) is 10.3. The molecule has 0 unspecified atom stereocenters. The molecule has 1 atom stereocenters. The first-order valence-corrected chi connectivity index (χ1v) is 4.48. The van der Waals surface area contributed by atoms with Crippen LogP contribution in [0.15, 0.2) is 0 Å². The van der Waals surface area contributed by atoms with Crippen molar-refractivity contribution in [2.45, 2.75) is 31.2 Å². The number of hydrazine groups is 1. The number of halogens is 2. The van der Waals surface area contributed by atoms with Crippen molar-refractivity contribution in [3.63, 3.8) is 0 Å². The fraction of sp³-hybridized carbons (Fsp3) is 0.875. The Bertz CT molecular complexity index is 223. The molecule has 0 radical (unpaired) electrons. The first kappa shape index (κ1) is 11.3. The number of alkyl halides is 2. The van der Waals surface area contributed by atoms with Gasteiger partial charge in [0.05, 0.1) is 6.54 Å². The van der Waals surface area contributed by atoms with Crippen molar-refractivity contribution in [2.75, 3.05) is 13.6 Å². The Morgan fingerprint density at radius 3 is 2.86 bits per heavy atom. The lowest BCUT2D eigenvalue weighted by atomic mass is 10.1. The van der Waals surface area contributed by atoms with Crippen LogP contribution in [-0.4, -0.2) is 41.6 Å². The van der Waals surface area contributed by atoms with Gasteiger partial charge in [-0.2, -0.15) is 0 Å². The summed E-state index contributed by atoms with van der Waals surface area (Å²) in [5.74, 6) is -3.65. The fourth-order valence-electron chi connectivity index (χ4n) is 1.71. The minimum atomic E-state index is -2.70. The van der Waals surface area contributed by atoms with Crippen molar-refractivity contribution in [3.8, 4) is 0 Å². The van der Waals surface area contributed by atoms with Crippen LogP contribution in [0.3, 0.4) is 0 Å². The third kappa shape index (κ3) is 2.88. The predicted octanol–water partition coefficient (Wildman–Crippen LogP) is 0.695. The smallest absolute Gasteiger partial charge is 0.303 e. The number of carboxylic acid groups (broad SMARTS) is 1. The van der Waals surface area contributed by atoms with Gasteiger partial charge < -0.3 is 5.11 Å². The molecule has 4 nitrogen and oxygen atoms in total. The normalized spacial score (nSPS) is 26.6. The number of nitrogens with one attached hydrogen (secondary N) is 1. The maximum absolute atomic E-state index is 12.9. The molecule has 0 spiro atoms. The Kier molecular flexibility index (Phi) is 3.38. The van der Waals surface area contributed by atoms with Crippen LogP contribution in [0, 0.1) is 0 Å². The maximum atomic E-state index is 12.9. The zero-order valence-electron chi connectivity index (χ0n) is 7.96. The minimum Gasteiger partial charge on any atom is -0.481 e. The summed E-state index contributed by atoms with van der Waals surface area (Å²) >= 11 is 0. The molecule has 1 rings (SSSR count). The van der Waals surface area contributed by atoms with E-state index < -0.39 is 11.9 Å². The Labute approximate surface area is 80.9 Å². The van der Waals surface area contributed by atoms with Crippen LogP contribution in [0.1, 0.15) is 19.3 Å². The van der Waals surface area contributed by atoms with Gasteiger partial charge in [-0.05, 0) is 13.5 Å². The topological polar surface area (TPSA) is 52.6 Å². The van der Waals surface area contributed by atoms with Crippen LogP contribution in [0.5, 0.6) is 0 Å². The summed E-state index contributed by atoms with van der Waals surface area (Å²) in [5, 5.41) is 9.84. The van der Waals surface area contributed by atoms with E-state index in [1.165, 1.54) is 5.01 Å². The lowest BCUT2D eigenvalue weighted by Crippen LogP contribution is -2.40. The van der Waals surface area contributed by atoms with E-state index in [9.17, 15) is 13.6 Å². The SMILES string of the molecule is CNN1CC(F)(F)C[C@H]1CCC(=O)O. The van der Waals surface area contributed by atoms with Crippen LogP contribution in [-0.2, 0) is 4.79 Å². The van der Waals surface area contributed by atoms with E-state index in [0.717, 1.165) is 0 Å². The van der Waals surface area contributed by atoms with E-state index in [0.29, 0.717) is 0 Å². The lowest BCUT2D eigenvalue weighted by Gasteiger charge is -2.21. The lowest BCUT2D eigenvalue weighted by molar-refractivity contribution is -0.137. The van der Waals surface area contributed by atoms with E-state index in [-0.39, 0.29) is 31.8 Å². The van der Waals surface area contributed by atoms with Crippen LogP contribution >= 0.6 is 0 Å². The van der Waals surface area contributed by atoms with E-state index in [4.69, 9.17) is 5.11 Å². The highest BCUT2D eigenvalue weighted by Gasteiger charge is 2.44. The van der Waals surface area contributed by atoms with Crippen molar-refractivity contribution in [1.29, 1.82) is 0 Å². The van der Waals surface area contributed by atoms with Gasteiger partial charge in [0.15, 0.2) is 0 Å². The van der Waals surface area contributed by atoms with Gasteiger partial charge in [-0.3, -0.25) is 10.2 Å². The van der Waals surface area contributed by atoms with Gasteiger partial charge in [-0.25, -0.2) is 13.8 Å². The first-order chi connectivity index (χ1) is 6.44. The fourth-order valence-corrected chi connectivity index (χ4v) is 1.71. The molecule has 2 N–H and O–H groups in total. The van der Waals surface area contributed by atoms with Crippen LogP contribution in [0.2, 0.25) is 0 Å². The summed E-state index contributed by atoms with van der Waals surface area (Å²) in [6, 6.07) is -0.383. The van der Waals surface area contributed by atoms with E-state index in [2.05, 4.69) is 5.43 Å². The predicted molar refractivity (Wildman–Crippen MR) is 46.0 cm³/mol. The van der Waals surface area contributed by atoms with Crippen molar-refractivity contribution in [1.82, 2.24) is 10.4 Å². The monoisotopic (exact) mass is 208 g/mol. The molecular weight excluding hydrogens is 194 g/mol. The minimum absolute atomic E-state index is 0.0705. The second-order valence-corrected chi connectivity index (χ2v) is 3.50. The third-order valence-electron chi connectivity index (χ3n) is 2.36. The highest BCUT2D eigenvalue weighted by molar-refractivity contribution is 5.66. The summed E-state index contributed by atoms with van der Waals surface area (Å²) in [6.45, 7) is -0.339. The van der Waals surface area contributed by atoms with Crippen molar-refractivity contribution in [2.24, 2.45) is 0 Å². The number of hydrogen-bond acceptors (Lipinski definition) is 3. The van der Waals surface area contributed by atoms with Crippen molar-refractivity contribution < 1.29 is 18.7 Å². The van der Waals surface area contributed by atoms with E-state index in [1.54, 1.807) is 7.05 Å². The standard InChI is InChI=1S/C8H14F2N2O2/c1-11-12-5-8(9,10)4-6(12)2-3-7(13)14/h6,11H,2-5H2,1H3,(H,13,14)/t6-/m1/s1. The zero-order valence-corrected chi connectivity index (χ0v) is 7.96. The van der Waals surface area contributed by atoms with Crippen LogP contribution in [0.4, 0.5) is 8.78 Å². The number of carbonyl (C=O) groups is 1. The van der Waals surface area contributed by atoms with Crippen molar-refractivity contribution in [3.05, 3.63) is 0 Å². The number of rotatable bonds is 4. The molecule has 0 bridgehead atoms. The summed E-state index contributed by atoms with van der Waals surface area (Å²) < 4.78 is 25.9. The molecule has 14 heavy (non-hydrogen) atoms. The Hall–Kier alpha value is -0.750. The molecule has 0 amide bonds. The molecule has 1 aliphatic rings. The Morgan fingerprint density at radius 1 is 1.71 bits per heavy atom. The van der Waals surface area contributed by atoms with Gasteiger partial charge in [0.1, 0.15) is 0 Å². The molecule has 1 fully saturated rings. The van der Waals surface area contributed by atoms with Gasteiger partial charge in [0.25, 0.3) is 5.92 Å². The zero-order chi connectivity index (χ0) is 10.8. The van der Waals surface area contributed by atoms with Crippen LogP contribution in [0.25, 0.3) is 0 Å². The highest BCUT2D eigenvalue weighted by Crippen LogP contribution is 2.32. The average Bonchev–Trinajstić information content (AvgIpc) is 2.37. The number of aliphatic carboxylic acids is 1. The molecule has 1 aliphatic heterocycles. The first-order valence-electron chi connectivity index (χ1n) is 4.48. The van der Waals surface area contributed by atoms with E-state index in [1.807, 2.05) is 0 Å². The molecule has 82 valence electrons. The summed E-state index contributed by atoms with van der Waals surface area (Å²) in [7, 11) is 1.56. The summed E-state index contributed by atoms with van der Waals surface area (Å²) in [6.07, 6.45) is -0.0776. The molecule has 0 aromatic rings. The third-order valence-corrected chi connectivity index (χ3v) is 2.36.